The Balaban J connectivity index is 0.00000121. The summed E-state index contributed by atoms with van der Waals surface area (Å²) >= 11 is -0.795. The second-order valence-electron chi connectivity index (χ2n) is 6.24. The Labute approximate surface area is 178 Å². The Bertz CT molecular complexity index is 828. The number of rotatable bonds is 6. The maximum absolute atomic E-state index is 4.16. The van der Waals surface area contributed by atoms with Gasteiger partial charge in [-0.25, -0.2) is 0 Å². The Morgan fingerprint density at radius 2 is 2.08 bits per heavy atom. The molecule has 1 heterocycles. The average molecular weight is 467 g/mol. The number of hydrogen-bond acceptors (Lipinski definition) is 3. The van der Waals surface area contributed by atoms with Crippen LogP contribution in [0.25, 0.3) is 11.8 Å². The minimum absolute atomic E-state index is 0. The van der Waals surface area contributed by atoms with Crippen molar-refractivity contribution >= 4 is 11.8 Å². The zero-order chi connectivity index (χ0) is 16.4. The monoisotopic (exact) mass is 464 g/mol. The van der Waals surface area contributed by atoms with E-state index >= 15 is 0 Å². The molecule has 0 N–H and O–H groups in total. The number of unbranched alkanes of at least 4 members (excludes halogenated alkanes) is 1. The van der Waals surface area contributed by atoms with Crippen LogP contribution in [0.1, 0.15) is 47.4 Å². The predicted octanol–water partition coefficient (Wildman–Crippen LogP) is -1.78. The number of halogens is 2. The summed E-state index contributed by atoms with van der Waals surface area (Å²) in [5.74, 6) is 0. The minimum Gasteiger partial charge on any atom is -1.00 e. The number of tetrazole rings is 1. The Morgan fingerprint density at radius 1 is 1.23 bits per heavy atom. The number of hydrogen-bond donors (Lipinski definition) is 0. The van der Waals surface area contributed by atoms with Crippen molar-refractivity contribution in [3.8, 4) is 0 Å². The normalized spacial score (nSPS) is 17.3. The smallest absolute Gasteiger partial charge is 1.00 e. The van der Waals surface area contributed by atoms with Crippen molar-refractivity contribution in [3.05, 3.63) is 62.7 Å². The summed E-state index contributed by atoms with van der Waals surface area (Å²) in [5, 5.41) is 11.8. The molecule has 4 rings (SSSR count). The molecule has 7 heteroatoms. The first-order valence-electron chi connectivity index (χ1n) is 8.56. The van der Waals surface area contributed by atoms with Crippen LogP contribution in [-0.2, 0) is 23.2 Å². The Hall–Kier alpha value is -1.03. The number of allylic oxidation sites excluding steroid dienone is 5. The molecule has 2 aromatic rings. The largest absolute Gasteiger partial charge is 1.00 e. The van der Waals surface area contributed by atoms with Gasteiger partial charge in [-0.2, -0.15) is 0 Å². The zero-order valence-electron chi connectivity index (χ0n) is 14.6. The summed E-state index contributed by atoms with van der Waals surface area (Å²) in [6.07, 6.45) is 13.7. The second-order valence-corrected chi connectivity index (χ2v) is 9.86. The average Bonchev–Trinajstić information content (AvgIpc) is 3.34. The van der Waals surface area contributed by atoms with E-state index < -0.39 is 23.2 Å². The van der Waals surface area contributed by atoms with E-state index in [1.165, 1.54) is 36.1 Å². The van der Waals surface area contributed by atoms with E-state index in [4.69, 9.17) is 0 Å². The van der Waals surface area contributed by atoms with Crippen LogP contribution in [0.5, 0.6) is 0 Å². The minimum atomic E-state index is -0.795. The molecule has 0 saturated heterocycles. The van der Waals surface area contributed by atoms with Gasteiger partial charge >= 0.3 is 154 Å². The predicted molar refractivity (Wildman–Crippen MR) is 91.5 cm³/mol. The fourth-order valence-corrected chi connectivity index (χ4v) is 7.74. The van der Waals surface area contributed by atoms with Gasteiger partial charge in [0, 0.05) is 0 Å². The van der Waals surface area contributed by atoms with Gasteiger partial charge in [-0.05, 0) is 0 Å². The van der Waals surface area contributed by atoms with Crippen molar-refractivity contribution in [2.75, 3.05) is 0 Å². The molecule has 26 heavy (non-hydrogen) atoms. The molecule has 1 aromatic heterocycles. The third-order valence-corrected chi connectivity index (χ3v) is 9.02. The number of nitrogens with zero attached hydrogens (tertiary/aromatic N) is 4. The van der Waals surface area contributed by atoms with Crippen LogP contribution in [0.15, 0.2) is 51.6 Å². The molecule has 0 bridgehead atoms. The molecule has 0 amide bonds. The molecule has 0 aliphatic heterocycles. The SMILES string of the molecule is CCCCC1=[C]([Zr+2][CH]2C(n3cnnn3)=Cc3ccccc32)CC=C1.[Cl-].[Cl-]. The molecule has 1 atom stereocenters. The van der Waals surface area contributed by atoms with Crippen LogP contribution < -0.4 is 24.8 Å². The van der Waals surface area contributed by atoms with Gasteiger partial charge in [-0.15, -0.1) is 0 Å². The first-order chi connectivity index (χ1) is 11.9. The fourth-order valence-electron chi connectivity index (χ4n) is 3.41. The van der Waals surface area contributed by atoms with Gasteiger partial charge in [-0.3, -0.25) is 0 Å². The van der Waals surface area contributed by atoms with Crippen molar-refractivity contribution in [1.29, 1.82) is 0 Å². The maximum atomic E-state index is 4.16. The molecular formula is C19H20Cl2N4Zr. The summed E-state index contributed by atoms with van der Waals surface area (Å²) in [6.45, 7) is 2.27. The zero-order valence-corrected chi connectivity index (χ0v) is 18.5. The van der Waals surface area contributed by atoms with Gasteiger partial charge in [0.05, 0.1) is 0 Å². The fraction of sp³-hybridized carbons (Fsp3) is 0.316. The molecule has 0 radical (unpaired) electrons. The summed E-state index contributed by atoms with van der Waals surface area (Å²) < 4.78 is 4.10. The third-order valence-electron chi connectivity index (χ3n) is 4.67. The van der Waals surface area contributed by atoms with Crippen LogP contribution in [0, 0.1) is 0 Å². The number of aromatic nitrogens is 4. The van der Waals surface area contributed by atoms with Gasteiger partial charge in [0.2, 0.25) is 0 Å². The van der Waals surface area contributed by atoms with Crippen molar-refractivity contribution in [2.45, 2.75) is 36.2 Å². The van der Waals surface area contributed by atoms with Gasteiger partial charge in [-0.1, -0.05) is 0 Å². The summed E-state index contributed by atoms with van der Waals surface area (Å²) in [6, 6.07) is 8.76. The molecule has 0 spiro atoms. The van der Waals surface area contributed by atoms with Crippen LogP contribution in [0.3, 0.4) is 0 Å². The molecule has 1 aromatic carbocycles. The van der Waals surface area contributed by atoms with E-state index in [1.807, 2.05) is 4.68 Å². The van der Waals surface area contributed by atoms with Gasteiger partial charge < -0.3 is 24.8 Å². The Morgan fingerprint density at radius 3 is 2.85 bits per heavy atom. The number of fused-ring (bicyclic) bond motifs is 1. The van der Waals surface area contributed by atoms with E-state index in [-0.39, 0.29) is 24.8 Å². The van der Waals surface area contributed by atoms with Gasteiger partial charge in [0.15, 0.2) is 0 Å². The van der Waals surface area contributed by atoms with Crippen molar-refractivity contribution < 1.29 is 48.0 Å². The van der Waals surface area contributed by atoms with Crippen molar-refractivity contribution in [1.82, 2.24) is 20.2 Å². The van der Waals surface area contributed by atoms with Crippen LogP contribution in [0.4, 0.5) is 0 Å². The van der Waals surface area contributed by atoms with Crippen LogP contribution in [-0.4, -0.2) is 20.2 Å². The topological polar surface area (TPSA) is 43.6 Å². The molecule has 1 unspecified atom stereocenters. The Kier molecular flexibility index (Phi) is 8.00. The van der Waals surface area contributed by atoms with Crippen LogP contribution >= 0.6 is 0 Å². The van der Waals surface area contributed by atoms with E-state index in [0.29, 0.717) is 3.63 Å². The van der Waals surface area contributed by atoms with E-state index in [0.717, 1.165) is 6.42 Å². The van der Waals surface area contributed by atoms with Gasteiger partial charge in [0.1, 0.15) is 0 Å². The second kappa shape index (κ2) is 9.78. The molecule has 2 aliphatic rings. The van der Waals surface area contributed by atoms with Gasteiger partial charge in [0.25, 0.3) is 0 Å². The molecule has 0 saturated carbocycles. The molecule has 134 valence electrons. The number of benzene rings is 1. The first kappa shape index (κ1) is 21.3. The summed E-state index contributed by atoms with van der Waals surface area (Å²) in [5.41, 5.74) is 5.66. The van der Waals surface area contributed by atoms with E-state index in [2.05, 4.69) is 64.9 Å². The third kappa shape index (κ3) is 4.27. The summed E-state index contributed by atoms with van der Waals surface area (Å²) in [4.78, 5) is 0. The first-order valence-corrected chi connectivity index (χ1v) is 11.2. The molecule has 2 aliphatic carbocycles. The molecule has 4 nitrogen and oxygen atoms in total. The molecular weight excluding hydrogens is 446 g/mol. The quantitative estimate of drug-likeness (QED) is 0.506. The molecule has 0 fully saturated rings. The van der Waals surface area contributed by atoms with Crippen molar-refractivity contribution in [3.63, 3.8) is 0 Å². The maximum Gasteiger partial charge on any atom is -1.00 e. The van der Waals surface area contributed by atoms with E-state index in [9.17, 15) is 0 Å². The summed E-state index contributed by atoms with van der Waals surface area (Å²) in [7, 11) is 0. The van der Waals surface area contributed by atoms with Crippen molar-refractivity contribution in [2.24, 2.45) is 0 Å². The standard InChI is InChI=1S/C10H7N4.C9H13.2ClH.Zr/c1-2-4-9-6-10(5-8(9)3-1)14-7-11-12-13-14;1-2-3-6-9-7-4-5-8-9;;;/h1-7H;4,7H,2-3,5-6H2,1H3;2*1H;/q;;;;+2/p-2. The van der Waals surface area contributed by atoms with Crippen LogP contribution in [0.2, 0.25) is 0 Å². The van der Waals surface area contributed by atoms with E-state index in [1.54, 1.807) is 15.2 Å².